The van der Waals surface area contributed by atoms with Gasteiger partial charge in [0.2, 0.25) is 0 Å². The van der Waals surface area contributed by atoms with Crippen molar-refractivity contribution in [3.8, 4) is 23.3 Å². The molecule has 3 aromatic carbocycles. The molecule has 0 spiro atoms. The molecule has 0 radical (unpaired) electrons. The lowest BCUT2D eigenvalue weighted by Crippen LogP contribution is -2.31. The van der Waals surface area contributed by atoms with Gasteiger partial charge in [-0.2, -0.15) is 0 Å². The molecule has 0 saturated heterocycles. The van der Waals surface area contributed by atoms with E-state index in [0.29, 0.717) is 8.58 Å². The van der Waals surface area contributed by atoms with Crippen molar-refractivity contribution in [3.63, 3.8) is 0 Å². The van der Waals surface area contributed by atoms with Crippen LogP contribution in [-0.4, -0.2) is 14.2 Å². The van der Waals surface area contributed by atoms with Gasteiger partial charge in [0.25, 0.3) is 0 Å². The Hall–Kier alpha value is -2.75. The molecule has 0 aromatic heterocycles. The Bertz CT molecular complexity index is 1270. The molecule has 37 heavy (non-hydrogen) atoms. The molecule has 3 aromatic rings. The van der Waals surface area contributed by atoms with Crippen molar-refractivity contribution < 1.29 is 9.47 Å². The van der Waals surface area contributed by atoms with Crippen molar-refractivity contribution in [1.82, 2.24) is 0 Å². The van der Waals surface area contributed by atoms with Crippen LogP contribution in [0.4, 0.5) is 0 Å². The van der Waals surface area contributed by atoms with Crippen LogP contribution < -0.4 is 20.1 Å². The summed E-state index contributed by atoms with van der Waals surface area (Å²) in [4.78, 5) is 0. The Morgan fingerprint density at radius 2 is 1.11 bits per heavy atom. The highest BCUT2D eigenvalue weighted by Crippen LogP contribution is 2.37. The van der Waals surface area contributed by atoms with Crippen LogP contribution in [0.2, 0.25) is 0 Å². The first-order valence-corrected chi connectivity index (χ1v) is 13.9. The van der Waals surface area contributed by atoms with Crippen molar-refractivity contribution in [2.75, 3.05) is 14.2 Å². The molecule has 1 atom stereocenters. The van der Waals surface area contributed by atoms with Crippen LogP contribution in [-0.2, 0) is 16.2 Å². The Kier molecular flexibility index (Phi) is 8.51. The second kappa shape index (κ2) is 10.9. The lowest BCUT2D eigenvalue weighted by molar-refractivity contribution is 0.414. The van der Waals surface area contributed by atoms with E-state index < -0.39 is 0 Å². The van der Waals surface area contributed by atoms with Gasteiger partial charge in [-0.15, -0.1) is 0 Å². The van der Waals surface area contributed by atoms with E-state index in [9.17, 15) is 0 Å². The molecule has 2 nitrogen and oxygen atoms in total. The highest BCUT2D eigenvalue weighted by atomic mass is 31.1. The lowest BCUT2D eigenvalue weighted by atomic mass is 9.75. The molecule has 3 heteroatoms. The molecular weight excluding hydrogens is 471 g/mol. The molecule has 0 amide bonds. The first-order valence-electron chi connectivity index (χ1n) is 12.9. The Morgan fingerprint density at radius 1 is 0.595 bits per heavy atom. The summed E-state index contributed by atoms with van der Waals surface area (Å²) in [6.45, 7) is 20.9. The molecule has 0 bridgehead atoms. The number of hydrogen-bond donors (Lipinski definition) is 0. The summed E-state index contributed by atoms with van der Waals surface area (Å²) in [5.74, 6) is 8.45. The van der Waals surface area contributed by atoms with Crippen LogP contribution in [0.5, 0.6) is 11.5 Å². The number of benzene rings is 3. The fourth-order valence-corrected chi connectivity index (χ4v) is 6.07. The molecule has 0 aliphatic heterocycles. The minimum Gasteiger partial charge on any atom is -0.497 e. The average molecular weight is 515 g/mol. The minimum atomic E-state index is 0.0188. The zero-order valence-electron chi connectivity index (χ0n) is 24.5. The molecule has 0 heterocycles. The Balaban J connectivity index is 2.21. The quantitative estimate of drug-likeness (QED) is 0.263. The highest BCUT2D eigenvalue weighted by Gasteiger charge is 2.29. The van der Waals surface area contributed by atoms with E-state index in [1.165, 1.54) is 27.3 Å². The summed E-state index contributed by atoms with van der Waals surface area (Å²) < 4.78 is 10.9. The molecule has 0 aliphatic carbocycles. The van der Waals surface area contributed by atoms with Crippen molar-refractivity contribution in [2.45, 2.75) is 78.6 Å². The van der Waals surface area contributed by atoms with E-state index in [1.807, 2.05) is 24.3 Å². The van der Waals surface area contributed by atoms with Crippen LogP contribution in [0.25, 0.3) is 0 Å². The Labute approximate surface area is 227 Å². The van der Waals surface area contributed by atoms with Gasteiger partial charge >= 0.3 is 0 Å². The predicted molar refractivity (Wildman–Crippen MR) is 162 cm³/mol. The first kappa shape index (κ1) is 28.8. The summed E-state index contributed by atoms with van der Waals surface area (Å²) in [6, 6.07) is 19.1. The van der Waals surface area contributed by atoms with Crippen molar-refractivity contribution >= 4 is 19.2 Å². The second-order valence-corrected chi connectivity index (χ2v) is 14.0. The van der Waals surface area contributed by atoms with Gasteiger partial charge in [-0.25, -0.2) is 0 Å². The zero-order valence-corrected chi connectivity index (χ0v) is 25.5. The standard InChI is InChI=1S/C34H43O2P/c1-32(2,3)25-21-28(33(4,5)6)31(29(22-25)34(7,8)9)37-30-19-18-27(36-11)20-24(30)15-12-23-13-16-26(35-10)17-14-23/h13-14,16-22,37H,1-11H3. The Morgan fingerprint density at radius 3 is 1.57 bits per heavy atom. The summed E-state index contributed by atoms with van der Waals surface area (Å²) >= 11 is 0. The summed E-state index contributed by atoms with van der Waals surface area (Å²) in [5, 5.41) is 2.67. The number of ether oxygens (including phenoxy) is 2. The highest BCUT2D eigenvalue weighted by molar-refractivity contribution is 7.56. The van der Waals surface area contributed by atoms with E-state index in [-0.39, 0.29) is 16.2 Å². The molecule has 0 N–H and O–H groups in total. The van der Waals surface area contributed by atoms with E-state index in [2.05, 4.69) is 104 Å². The lowest BCUT2D eigenvalue weighted by Gasteiger charge is -2.33. The van der Waals surface area contributed by atoms with Gasteiger partial charge in [-0.1, -0.05) is 94.9 Å². The molecular formula is C34H43O2P. The second-order valence-electron chi connectivity index (χ2n) is 12.7. The monoisotopic (exact) mass is 514 g/mol. The van der Waals surface area contributed by atoms with Crippen molar-refractivity contribution in [1.29, 1.82) is 0 Å². The normalized spacial score (nSPS) is 12.4. The number of methoxy groups -OCH3 is 2. The maximum Gasteiger partial charge on any atom is 0.120 e. The molecule has 196 valence electrons. The maximum atomic E-state index is 5.57. The van der Waals surface area contributed by atoms with Gasteiger partial charge in [-0.05, 0) is 86.0 Å². The van der Waals surface area contributed by atoms with Crippen LogP contribution in [0.15, 0.2) is 54.6 Å². The summed E-state index contributed by atoms with van der Waals surface area (Å²) in [5.41, 5.74) is 6.32. The van der Waals surface area contributed by atoms with E-state index in [4.69, 9.17) is 9.47 Å². The summed E-state index contributed by atoms with van der Waals surface area (Å²) in [6.07, 6.45) is 0. The smallest absolute Gasteiger partial charge is 0.120 e. The largest absolute Gasteiger partial charge is 0.497 e. The van der Waals surface area contributed by atoms with Gasteiger partial charge < -0.3 is 9.47 Å². The van der Waals surface area contributed by atoms with E-state index in [0.717, 1.165) is 22.6 Å². The van der Waals surface area contributed by atoms with Crippen molar-refractivity contribution in [2.24, 2.45) is 0 Å². The summed E-state index contributed by atoms with van der Waals surface area (Å²) in [7, 11) is 3.87. The van der Waals surface area contributed by atoms with Crippen LogP contribution >= 0.6 is 8.58 Å². The molecule has 1 unspecified atom stereocenters. The SMILES string of the molecule is COc1ccc(C#Cc2cc(OC)ccc2Pc2c(C(C)(C)C)cc(C(C)(C)C)cc2C(C)(C)C)cc1. The van der Waals surface area contributed by atoms with Gasteiger partial charge in [0, 0.05) is 11.1 Å². The first-order chi connectivity index (χ1) is 17.1. The van der Waals surface area contributed by atoms with E-state index in [1.54, 1.807) is 14.2 Å². The maximum absolute atomic E-state index is 5.57. The zero-order chi connectivity index (χ0) is 27.6. The van der Waals surface area contributed by atoms with Gasteiger partial charge in [-0.3, -0.25) is 0 Å². The molecule has 3 rings (SSSR count). The van der Waals surface area contributed by atoms with Crippen molar-refractivity contribution in [3.05, 3.63) is 82.4 Å². The third-order valence-electron chi connectivity index (χ3n) is 6.54. The van der Waals surface area contributed by atoms with E-state index >= 15 is 0 Å². The number of hydrogen-bond acceptors (Lipinski definition) is 2. The van der Waals surface area contributed by atoms with Crippen LogP contribution in [0.3, 0.4) is 0 Å². The average Bonchev–Trinajstić information content (AvgIpc) is 2.81. The molecule has 0 saturated carbocycles. The fourth-order valence-electron chi connectivity index (χ4n) is 4.20. The number of rotatable bonds is 4. The van der Waals surface area contributed by atoms with Gasteiger partial charge in [0.15, 0.2) is 0 Å². The third kappa shape index (κ3) is 7.18. The van der Waals surface area contributed by atoms with Gasteiger partial charge in [0.05, 0.1) is 14.2 Å². The van der Waals surface area contributed by atoms with Gasteiger partial charge in [0.1, 0.15) is 11.5 Å². The van der Waals surface area contributed by atoms with Crippen LogP contribution in [0.1, 0.15) is 90.1 Å². The molecule has 0 fully saturated rings. The third-order valence-corrected chi connectivity index (χ3v) is 8.03. The molecule has 0 aliphatic rings. The van der Waals surface area contributed by atoms with Crippen LogP contribution in [0, 0.1) is 11.8 Å². The minimum absolute atomic E-state index is 0.0188. The fraction of sp³-hybridized carbons (Fsp3) is 0.412. The predicted octanol–water partition coefficient (Wildman–Crippen LogP) is 7.63. The topological polar surface area (TPSA) is 18.5 Å².